The zero-order valence-corrected chi connectivity index (χ0v) is 26.2. The molecule has 0 saturated carbocycles. The van der Waals surface area contributed by atoms with E-state index in [-0.39, 0.29) is 24.0 Å². The predicted molar refractivity (Wildman–Crippen MR) is 184 cm³/mol. The summed E-state index contributed by atoms with van der Waals surface area (Å²) < 4.78 is 0. The third-order valence-electron chi connectivity index (χ3n) is 9.12. The number of amides is 2. The fourth-order valence-electron chi connectivity index (χ4n) is 6.49. The second-order valence-corrected chi connectivity index (χ2v) is 13.1. The lowest BCUT2D eigenvalue weighted by Gasteiger charge is -2.41. The van der Waals surface area contributed by atoms with Crippen LogP contribution in [0.4, 0.5) is 0 Å². The number of hydrogen-bond acceptors (Lipinski definition) is 6. The third kappa shape index (κ3) is 6.15. The highest BCUT2D eigenvalue weighted by molar-refractivity contribution is 8.14. The number of aromatic amines is 1. The number of thioether (sulfide) groups is 1. The Morgan fingerprint density at radius 1 is 0.935 bits per heavy atom. The van der Waals surface area contributed by atoms with Crippen LogP contribution < -0.4 is 5.32 Å². The van der Waals surface area contributed by atoms with E-state index < -0.39 is 5.41 Å². The largest absolute Gasteiger partial charge is 0.507 e. The molecular weight excluding hydrogens is 595 g/mol. The maximum absolute atomic E-state index is 13.6. The Balaban J connectivity index is 1.02. The summed E-state index contributed by atoms with van der Waals surface area (Å²) in [5, 5.41) is 16.0. The highest BCUT2D eigenvalue weighted by Crippen LogP contribution is 2.39. The number of fused-ring (bicyclic) bond motifs is 1. The first kappa shape index (κ1) is 29.8. The molecule has 5 aromatic rings. The average molecular weight is 630 g/mol. The smallest absolute Gasteiger partial charge is 0.232 e. The second kappa shape index (κ2) is 12.8. The summed E-state index contributed by atoms with van der Waals surface area (Å²) in [5.41, 5.74) is 5.47. The van der Waals surface area contributed by atoms with Crippen LogP contribution in [-0.2, 0) is 22.4 Å². The number of carbonyl (C=O) groups excluding carboxylic acids is 2. The highest BCUT2D eigenvalue weighted by atomic mass is 32.2. The van der Waals surface area contributed by atoms with Crippen LogP contribution in [0.1, 0.15) is 24.0 Å². The number of pyridine rings is 1. The van der Waals surface area contributed by atoms with Crippen molar-refractivity contribution in [3.05, 3.63) is 108 Å². The molecule has 0 radical (unpaired) electrons. The summed E-state index contributed by atoms with van der Waals surface area (Å²) in [5.74, 6) is 1.14. The zero-order chi connectivity index (χ0) is 31.5. The molecule has 0 aliphatic carbocycles. The number of aromatic hydroxyl groups is 1. The molecule has 2 aliphatic rings. The molecular formula is C37H35N5O3S. The lowest BCUT2D eigenvalue weighted by Crippen LogP contribution is -2.52. The van der Waals surface area contributed by atoms with E-state index in [2.05, 4.69) is 32.4 Å². The minimum Gasteiger partial charge on any atom is -0.507 e. The van der Waals surface area contributed by atoms with Crippen LogP contribution in [0.2, 0.25) is 0 Å². The summed E-state index contributed by atoms with van der Waals surface area (Å²) in [6.07, 6.45) is 5.62. The Morgan fingerprint density at radius 3 is 2.46 bits per heavy atom. The Morgan fingerprint density at radius 2 is 1.72 bits per heavy atom. The Labute approximate surface area is 272 Å². The first-order valence-electron chi connectivity index (χ1n) is 15.6. The lowest BCUT2D eigenvalue weighted by molar-refractivity contribution is -0.139. The summed E-state index contributed by atoms with van der Waals surface area (Å²) in [4.78, 5) is 40.9. The van der Waals surface area contributed by atoms with Crippen LogP contribution in [0, 0.1) is 5.41 Å². The van der Waals surface area contributed by atoms with Crippen molar-refractivity contribution in [3.63, 3.8) is 0 Å². The van der Waals surface area contributed by atoms with Gasteiger partial charge in [-0.2, -0.15) is 0 Å². The van der Waals surface area contributed by atoms with Gasteiger partial charge in [-0.15, -0.1) is 0 Å². The molecule has 0 unspecified atom stereocenters. The second-order valence-electron chi connectivity index (χ2n) is 12.0. The number of hydrogen-bond donors (Lipinski definition) is 3. The maximum atomic E-state index is 13.6. The van der Waals surface area contributed by atoms with Gasteiger partial charge in [-0.3, -0.25) is 19.6 Å². The van der Waals surface area contributed by atoms with Crippen molar-refractivity contribution < 1.29 is 14.7 Å². The monoisotopic (exact) mass is 629 g/mol. The quantitative estimate of drug-likeness (QED) is 0.198. The highest BCUT2D eigenvalue weighted by Gasteiger charge is 2.42. The van der Waals surface area contributed by atoms with E-state index in [9.17, 15) is 14.7 Å². The molecule has 2 aromatic heterocycles. The van der Waals surface area contributed by atoms with Crippen molar-refractivity contribution in [1.29, 1.82) is 0 Å². The molecule has 1 fully saturated rings. The molecule has 7 rings (SSSR count). The number of rotatable bonds is 7. The van der Waals surface area contributed by atoms with Crippen molar-refractivity contribution in [2.45, 2.75) is 25.7 Å². The molecule has 4 heterocycles. The van der Waals surface area contributed by atoms with Gasteiger partial charge < -0.3 is 20.3 Å². The summed E-state index contributed by atoms with van der Waals surface area (Å²) in [6.45, 7) is 1.79. The standard InChI is InChI=1S/C37H35N5O3S/c43-33(42-18-14-37(15-19-42,23-26-5-2-1-3-6-26)35(45)41-36-39-17-20-46-36)21-25-9-11-27(12-10-25)29-7-4-8-30(34(29)44)31-22-28-13-16-38-24-32(28)40-31/h1-13,16,22,24,40,44H,14-15,17-21,23H2,(H,39,41,45). The topological polar surface area (TPSA) is 111 Å². The van der Waals surface area contributed by atoms with Gasteiger partial charge in [0.2, 0.25) is 11.8 Å². The normalized spacial score (nSPS) is 15.9. The van der Waals surface area contributed by atoms with Crippen molar-refractivity contribution in [2.24, 2.45) is 10.4 Å². The van der Waals surface area contributed by atoms with Crippen molar-refractivity contribution in [2.75, 3.05) is 25.4 Å². The van der Waals surface area contributed by atoms with E-state index in [1.807, 2.05) is 77.7 Å². The molecule has 232 valence electrons. The molecule has 0 atom stereocenters. The number of nitrogens with zero attached hydrogens (tertiary/aromatic N) is 3. The van der Waals surface area contributed by atoms with Gasteiger partial charge >= 0.3 is 0 Å². The molecule has 0 spiro atoms. The molecule has 1 saturated heterocycles. The van der Waals surface area contributed by atoms with E-state index in [1.165, 1.54) is 0 Å². The Hall–Kier alpha value is -4.89. The van der Waals surface area contributed by atoms with E-state index in [0.717, 1.165) is 51.1 Å². The number of phenolic OH excluding ortho intramolecular Hbond substituents is 1. The number of amidine groups is 1. The van der Waals surface area contributed by atoms with E-state index >= 15 is 0 Å². The van der Waals surface area contributed by atoms with E-state index in [0.29, 0.717) is 43.1 Å². The number of para-hydroxylation sites is 1. The minimum atomic E-state index is -0.592. The maximum Gasteiger partial charge on any atom is 0.232 e. The van der Waals surface area contributed by atoms with Crippen LogP contribution in [0.5, 0.6) is 5.75 Å². The number of benzene rings is 3. The van der Waals surface area contributed by atoms with Gasteiger partial charge in [0.15, 0.2) is 5.17 Å². The fraction of sp³-hybridized carbons (Fsp3) is 0.243. The van der Waals surface area contributed by atoms with Gasteiger partial charge in [-0.05, 0) is 54.2 Å². The van der Waals surface area contributed by atoms with E-state index in [1.54, 1.807) is 24.2 Å². The summed E-state index contributed by atoms with van der Waals surface area (Å²) in [7, 11) is 0. The third-order valence-corrected chi connectivity index (χ3v) is 10.0. The molecule has 46 heavy (non-hydrogen) atoms. The molecule has 8 nitrogen and oxygen atoms in total. The van der Waals surface area contributed by atoms with Crippen LogP contribution in [0.25, 0.3) is 33.3 Å². The van der Waals surface area contributed by atoms with E-state index in [4.69, 9.17) is 0 Å². The van der Waals surface area contributed by atoms with Crippen LogP contribution >= 0.6 is 11.8 Å². The number of H-pyrrole nitrogens is 1. The number of piperidine rings is 1. The fourth-order valence-corrected chi connectivity index (χ4v) is 7.22. The van der Waals surface area contributed by atoms with Gasteiger partial charge in [0.1, 0.15) is 5.75 Å². The number of aromatic nitrogens is 2. The van der Waals surface area contributed by atoms with Gasteiger partial charge in [-0.25, -0.2) is 0 Å². The molecule has 2 amide bonds. The van der Waals surface area contributed by atoms with Gasteiger partial charge in [0, 0.05) is 41.6 Å². The average Bonchev–Trinajstić information content (AvgIpc) is 3.76. The number of likely N-dealkylation sites (tertiary alicyclic amines) is 1. The number of phenols is 1. The van der Waals surface area contributed by atoms with Crippen LogP contribution in [-0.4, -0.2) is 62.3 Å². The van der Waals surface area contributed by atoms with Gasteiger partial charge in [0.25, 0.3) is 0 Å². The molecule has 9 heteroatoms. The number of carbonyl (C=O) groups is 2. The summed E-state index contributed by atoms with van der Waals surface area (Å²) >= 11 is 1.58. The molecule has 0 bridgehead atoms. The van der Waals surface area contributed by atoms with Crippen molar-refractivity contribution in [3.8, 4) is 28.1 Å². The van der Waals surface area contributed by atoms with Crippen LogP contribution in [0.15, 0.2) is 102 Å². The zero-order valence-electron chi connectivity index (χ0n) is 25.4. The SMILES string of the molecule is O=C(Cc1ccc(-c2cccc(-c3cc4ccncc4[nH]3)c2O)cc1)N1CCC(Cc2ccccc2)(C(=O)NC2=NCCS2)CC1. The first-order chi connectivity index (χ1) is 22.5. The van der Waals surface area contributed by atoms with Gasteiger partial charge in [-0.1, -0.05) is 78.5 Å². The molecule has 3 N–H and O–H groups in total. The summed E-state index contributed by atoms with van der Waals surface area (Å²) in [6, 6.07) is 27.6. The van der Waals surface area contributed by atoms with Gasteiger partial charge in [0.05, 0.1) is 35.8 Å². The molecule has 2 aliphatic heterocycles. The first-order valence-corrected chi connectivity index (χ1v) is 16.6. The minimum absolute atomic E-state index is 0.000983. The molecule has 3 aromatic carbocycles. The van der Waals surface area contributed by atoms with Crippen molar-refractivity contribution in [1.82, 2.24) is 20.2 Å². The van der Waals surface area contributed by atoms with Crippen LogP contribution in [0.3, 0.4) is 0 Å². The number of nitrogens with one attached hydrogen (secondary N) is 2. The van der Waals surface area contributed by atoms with Crippen molar-refractivity contribution >= 4 is 39.6 Å². The number of aliphatic imine (C=N–C) groups is 1. The predicted octanol–water partition coefficient (Wildman–Crippen LogP) is 6.22. The Bertz CT molecular complexity index is 1880. The Kier molecular flexibility index (Phi) is 8.32. The lowest BCUT2D eigenvalue weighted by atomic mass is 9.73.